The third-order valence-electron chi connectivity index (χ3n) is 2.17. The molecule has 1 rings (SSSR count). The number of rotatable bonds is 5. The van der Waals surface area contributed by atoms with Crippen LogP contribution in [0.25, 0.3) is 0 Å². The van der Waals surface area contributed by atoms with Crippen LogP contribution >= 0.6 is 7.60 Å². The summed E-state index contributed by atoms with van der Waals surface area (Å²) in [5, 5.41) is 8.88. The molecule has 0 aliphatic rings. The normalized spacial score (nSPS) is 11.2. The molecule has 0 aliphatic heterocycles. The van der Waals surface area contributed by atoms with E-state index in [9.17, 15) is 14.2 Å². The summed E-state index contributed by atoms with van der Waals surface area (Å²) >= 11 is 0. The van der Waals surface area contributed by atoms with Gasteiger partial charge < -0.3 is 14.9 Å². The van der Waals surface area contributed by atoms with Crippen molar-refractivity contribution in [2.75, 3.05) is 6.16 Å². The van der Waals surface area contributed by atoms with Gasteiger partial charge in [-0.2, -0.15) is 0 Å². The lowest BCUT2D eigenvalue weighted by Crippen LogP contribution is -2.05. The maximum absolute atomic E-state index is 10.9. The van der Waals surface area contributed by atoms with E-state index in [4.69, 9.17) is 14.9 Å². The third kappa shape index (κ3) is 4.11. The molecule has 92 valence electrons. The molecule has 0 spiro atoms. The van der Waals surface area contributed by atoms with Crippen LogP contribution in [-0.4, -0.2) is 33.3 Å². The fraction of sp³-hybridized carbons (Fsp3) is 0.200. The summed E-state index contributed by atoms with van der Waals surface area (Å²) in [5.74, 6) is -1.19. The number of hydrogen-bond acceptors (Lipinski definition) is 3. The fourth-order valence-electron chi connectivity index (χ4n) is 1.37. The summed E-state index contributed by atoms with van der Waals surface area (Å²) in [6.07, 6.45) is 0.00972. The lowest BCUT2D eigenvalue weighted by molar-refractivity contribution is 0.0695. The minimum Gasteiger partial charge on any atom is -0.478 e. The average molecular weight is 258 g/mol. The van der Waals surface area contributed by atoms with Gasteiger partial charge in [0.15, 0.2) is 0 Å². The number of hydrogen-bond donors (Lipinski definition) is 3. The van der Waals surface area contributed by atoms with Gasteiger partial charge in [-0.05, 0) is 24.1 Å². The molecule has 0 amide bonds. The Morgan fingerprint density at radius 3 is 2.47 bits per heavy atom. The molecule has 3 N–H and O–H groups in total. The molecule has 0 saturated carbocycles. The highest BCUT2D eigenvalue weighted by atomic mass is 31.2. The SMILES string of the molecule is O=Cc1ccc(C(=O)O)c(CCP(=O)(O)O)c1. The summed E-state index contributed by atoms with van der Waals surface area (Å²) in [6.45, 7) is 0. The first-order valence-electron chi connectivity index (χ1n) is 4.69. The van der Waals surface area contributed by atoms with Crippen LogP contribution in [0.2, 0.25) is 0 Å². The molecule has 0 atom stereocenters. The first-order chi connectivity index (χ1) is 7.83. The molecule has 7 heteroatoms. The van der Waals surface area contributed by atoms with E-state index in [1.54, 1.807) is 0 Å². The Hall–Kier alpha value is -1.49. The van der Waals surface area contributed by atoms with Crippen molar-refractivity contribution in [2.45, 2.75) is 6.42 Å². The lowest BCUT2D eigenvalue weighted by atomic mass is 10.0. The first-order valence-corrected chi connectivity index (χ1v) is 6.49. The average Bonchev–Trinajstić information content (AvgIpc) is 2.24. The predicted molar refractivity (Wildman–Crippen MR) is 59.4 cm³/mol. The number of carbonyl (C=O) groups is 2. The quantitative estimate of drug-likeness (QED) is 0.534. The number of carboxylic acid groups (broad SMARTS) is 1. The molecular weight excluding hydrogens is 247 g/mol. The van der Waals surface area contributed by atoms with Gasteiger partial charge in [0.1, 0.15) is 6.29 Å². The van der Waals surface area contributed by atoms with E-state index in [0.29, 0.717) is 6.29 Å². The number of aryl methyl sites for hydroxylation is 1. The van der Waals surface area contributed by atoms with Crippen LogP contribution in [0.3, 0.4) is 0 Å². The summed E-state index contributed by atoms with van der Waals surface area (Å²) in [5.41, 5.74) is 0.463. The standard InChI is InChI=1S/C10H11O6P/c11-6-7-1-2-9(10(12)13)8(5-7)3-4-17(14,15)16/h1-2,5-6H,3-4H2,(H,12,13)(H2,14,15,16). The Balaban J connectivity index is 3.05. The van der Waals surface area contributed by atoms with Gasteiger partial charge in [0, 0.05) is 5.56 Å². The van der Waals surface area contributed by atoms with Gasteiger partial charge in [-0.15, -0.1) is 0 Å². The van der Waals surface area contributed by atoms with E-state index in [1.807, 2.05) is 0 Å². The van der Waals surface area contributed by atoms with Crippen LogP contribution < -0.4 is 0 Å². The molecular formula is C10H11O6P. The maximum atomic E-state index is 10.9. The molecule has 0 fully saturated rings. The van der Waals surface area contributed by atoms with Gasteiger partial charge in [0.05, 0.1) is 11.7 Å². The molecule has 0 heterocycles. The van der Waals surface area contributed by atoms with Crippen LogP contribution in [0.1, 0.15) is 26.3 Å². The van der Waals surface area contributed by atoms with Crippen molar-refractivity contribution in [2.24, 2.45) is 0 Å². The van der Waals surface area contributed by atoms with Crippen LogP contribution in [0.5, 0.6) is 0 Å². The summed E-state index contributed by atoms with van der Waals surface area (Å²) < 4.78 is 10.7. The molecule has 0 aliphatic carbocycles. The second kappa shape index (κ2) is 5.23. The Morgan fingerprint density at radius 2 is 2.00 bits per heavy atom. The van der Waals surface area contributed by atoms with Crippen LogP contribution in [0.4, 0.5) is 0 Å². The van der Waals surface area contributed by atoms with Crippen molar-refractivity contribution in [1.82, 2.24) is 0 Å². The van der Waals surface area contributed by atoms with Crippen LogP contribution in [0, 0.1) is 0 Å². The summed E-state index contributed by atoms with van der Waals surface area (Å²) in [6, 6.07) is 3.92. The zero-order valence-corrected chi connectivity index (χ0v) is 9.63. The number of carboxylic acids is 1. The molecule has 0 aromatic heterocycles. The van der Waals surface area contributed by atoms with Crippen molar-refractivity contribution in [1.29, 1.82) is 0 Å². The van der Waals surface area contributed by atoms with Gasteiger partial charge in [-0.3, -0.25) is 9.36 Å². The fourth-order valence-corrected chi connectivity index (χ4v) is 1.90. The minimum atomic E-state index is -4.19. The van der Waals surface area contributed by atoms with Crippen molar-refractivity contribution in [3.05, 3.63) is 34.9 Å². The van der Waals surface area contributed by atoms with Crippen molar-refractivity contribution in [3.63, 3.8) is 0 Å². The number of carbonyl (C=O) groups excluding carboxylic acids is 1. The van der Waals surface area contributed by atoms with Crippen molar-refractivity contribution < 1.29 is 29.0 Å². The summed E-state index contributed by atoms with van der Waals surface area (Å²) in [4.78, 5) is 38.9. The van der Waals surface area contributed by atoms with Crippen molar-refractivity contribution in [3.8, 4) is 0 Å². The Bertz CT molecular complexity index is 490. The van der Waals surface area contributed by atoms with Gasteiger partial charge in [-0.1, -0.05) is 6.07 Å². The second-order valence-electron chi connectivity index (χ2n) is 3.48. The molecule has 1 aromatic carbocycles. The maximum Gasteiger partial charge on any atom is 0.335 e. The van der Waals surface area contributed by atoms with Gasteiger partial charge >= 0.3 is 13.6 Å². The van der Waals surface area contributed by atoms with Gasteiger partial charge in [0.25, 0.3) is 0 Å². The monoisotopic (exact) mass is 258 g/mol. The first kappa shape index (κ1) is 13.6. The largest absolute Gasteiger partial charge is 0.478 e. The Morgan fingerprint density at radius 1 is 1.35 bits per heavy atom. The molecule has 0 radical (unpaired) electrons. The Labute approximate surface area is 97.1 Å². The molecule has 17 heavy (non-hydrogen) atoms. The zero-order chi connectivity index (χ0) is 13.1. The van der Waals surface area contributed by atoms with Gasteiger partial charge in [0.2, 0.25) is 0 Å². The molecule has 0 unspecified atom stereocenters. The van der Waals surface area contributed by atoms with Crippen LogP contribution in [-0.2, 0) is 11.0 Å². The van der Waals surface area contributed by atoms with E-state index >= 15 is 0 Å². The number of benzene rings is 1. The van der Waals surface area contributed by atoms with E-state index in [1.165, 1.54) is 18.2 Å². The smallest absolute Gasteiger partial charge is 0.335 e. The molecule has 0 saturated heterocycles. The molecule has 0 bridgehead atoms. The van der Waals surface area contributed by atoms with E-state index in [0.717, 1.165) is 0 Å². The number of aldehydes is 1. The second-order valence-corrected chi connectivity index (χ2v) is 5.25. The highest BCUT2D eigenvalue weighted by Gasteiger charge is 2.16. The number of aromatic carboxylic acids is 1. The van der Waals surface area contributed by atoms with Gasteiger partial charge in [-0.25, -0.2) is 4.79 Å². The van der Waals surface area contributed by atoms with Crippen molar-refractivity contribution >= 4 is 19.9 Å². The summed E-state index contributed by atoms with van der Waals surface area (Å²) in [7, 11) is -4.19. The third-order valence-corrected chi connectivity index (χ3v) is 2.97. The predicted octanol–water partition coefficient (Wildman–Crippen LogP) is 0.917. The van der Waals surface area contributed by atoms with E-state index < -0.39 is 19.7 Å². The highest BCUT2D eigenvalue weighted by molar-refractivity contribution is 7.51. The highest BCUT2D eigenvalue weighted by Crippen LogP contribution is 2.35. The zero-order valence-electron chi connectivity index (χ0n) is 8.74. The molecule has 6 nitrogen and oxygen atoms in total. The topological polar surface area (TPSA) is 112 Å². The lowest BCUT2D eigenvalue weighted by Gasteiger charge is -2.07. The van der Waals surface area contributed by atoms with E-state index in [-0.39, 0.29) is 23.1 Å². The minimum absolute atomic E-state index is 0.0518. The molecule has 1 aromatic rings. The van der Waals surface area contributed by atoms with Crippen LogP contribution in [0.15, 0.2) is 18.2 Å². The van der Waals surface area contributed by atoms with E-state index in [2.05, 4.69) is 0 Å². The Kier molecular flexibility index (Phi) is 4.17.